The zero-order valence-corrected chi connectivity index (χ0v) is 6.48. The zero-order chi connectivity index (χ0) is 7.56. The lowest BCUT2D eigenvalue weighted by Crippen LogP contribution is -2.36. The van der Waals surface area contributed by atoms with Crippen LogP contribution < -0.4 is 5.32 Å². The minimum absolute atomic E-state index is 0.238. The van der Waals surface area contributed by atoms with Crippen molar-refractivity contribution in [3.63, 3.8) is 0 Å². The standard InChI is InChI=1S/C6H9NO2S/c1-4-7-5(3-10-4)6(9)2-8/h2,4-5,7H,3H2,1H3. The van der Waals surface area contributed by atoms with Crippen LogP contribution in [-0.4, -0.2) is 29.2 Å². The van der Waals surface area contributed by atoms with Crippen molar-refractivity contribution in [1.82, 2.24) is 5.32 Å². The van der Waals surface area contributed by atoms with Crippen LogP contribution in [0.4, 0.5) is 0 Å². The molecule has 0 aromatic heterocycles. The van der Waals surface area contributed by atoms with E-state index in [1.165, 1.54) is 0 Å². The summed E-state index contributed by atoms with van der Waals surface area (Å²) in [6.07, 6.45) is 0.385. The van der Waals surface area contributed by atoms with Crippen LogP contribution in [0.5, 0.6) is 0 Å². The average molecular weight is 159 g/mol. The molecular weight excluding hydrogens is 150 g/mol. The molecule has 1 rings (SSSR count). The molecule has 0 amide bonds. The summed E-state index contributed by atoms with van der Waals surface area (Å²) in [6, 6.07) is -0.238. The summed E-state index contributed by atoms with van der Waals surface area (Å²) < 4.78 is 0. The van der Waals surface area contributed by atoms with E-state index in [0.29, 0.717) is 11.7 Å². The van der Waals surface area contributed by atoms with Gasteiger partial charge in [0.2, 0.25) is 5.78 Å². The Hall–Kier alpha value is -0.350. The van der Waals surface area contributed by atoms with Gasteiger partial charge in [0.25, 0.3) is 0 Å². The molecule has 0 radical (unpaired) electrons. The minimum Gasteiger partial charge on any atom is -0.295 e. The molecule has 2 unspecified atom stereocenters. The van der Waals surface area contributed by atoms with Crippen molar-refractivity contribution in [2.75, 3.05) is 5.75 Å². The van der Waals surface area contributed by atoms with Crippen molar-refractivity contribution in [2.24, 2.45) is 0 Å². The van der Waals surface area contributed by atoms with Gasteiger partial charge in [-0.05, 0) is 6.92 Å². The molecule has 10 heavy (non-hydrogen) atoms. The molecule has 0 aliphatic carbocycles. The fourth-order valence-electron chi connectivity index (χ4n) is 0.867. The van der Waals surface area contributed by atoms with E-state index in [2.05, 4.69) is 5.32 Å². The van der Waals surface area contributed by atoms with Crippen molar-refractivity contribution in [3.05, 3.63) is 0 Å². The number of Topliss-reactive ketones (excluding diaryl/α,β-unsaturated/α-hetero) is 1. The second kappa shape index (κ2) is 3.16. The Morgan fingerprint density at radius 1 is 1.80 bits per heavy atom. The van der Waals surface area contributed by atoms with Crippen molar-refractivity contribution in [3.8, 4) is 0 Å². The summed E-state index contributed by atoms with van der Waals surface area (Å²) in [5.41, 5.74) is 0. The molecule has 1 aliphatic rings. The van der Waals surface area contributed by atoms with Gasteiger partial charge in [-0.1, -0.05) is 0 Å². The number of thioether (sulfide) groups is 1. The van der Waals surface area contributed by atoms with Gasteiger partial charge >= 0.3 is 0 Å². The molecule has 0 bridgehead atoms. The molecule has 1 heterocycles. The van der Waals surface area contributed by atoms with Gasteiger partial charge in [-0.25, -0.2) is 0 Å². The number of ketones is 1. The zero-order valence-electron chi connectivity index (χ0n) is 5.66. The van der Waals surface area contributed by atoms with Gasteiger partial charge in [-0.15, -0.1) is 11.8 Å². The van der Waals surface area contributed by atoms with Crippen LogP contribution in [0.25, 0.3) is 0 Å². The summed E-state index contributed by atoms with van der Waals surface area (Å²) >= 11 is 1.66. The first kappa shape index (κ1) is 7.75. The number of carbonyl (C=O) groups excluding carboxylic acids is 2. The summed E-state index contributed by atoms with van der Waals surface area (Å²) in [5.74, 6) is 0.385. The smallest absolute Gasteiger partial charge is 0.212 e. The van der Waals surface area contributed by atoms with E-state index >= 15 is 0 Å². The molecule has 0 aromatic rings. The summed E-state index contributed by atoms with van der Waals surface area (Å²) in [4.78, 5) is 20.7. The number of nitrogens with one attached hydrogen (secondary N) is 1. The van der Waals surface area contributed by atoms with E-state index in [-0.39, 0.29) is 11.8 Å². The molecule has 56 valence electrons. The lowest BCUT2D eigenvalue weighted by Gasteiger charge is -2.03. The maximum absolute atomic E-state index is 10.7. The number of hydrogen-bond acceptors (Lipinski definition) is 4. The second-order valence-corrected chi connectivity index (χ2v) is 3.59. The van der Waals surface area contributed by atoms with E-state index in [4.69, 9.17) is 0 Å². The summed E-state index contributed by atoms with van der Waals surface area (Å²) in [7, 11) is 0. The monoisotopic (exact) mass is 159 g/mol. The number of hydrogen-bond donors (Lipinski definition) is 1. The Balaban J connectivity index is 2.44. The van der Waals surface area contributed by atoms with Crippen LogP contribution >= 0.6 is 11.8 Å². The predicted molar refractivity (Wildman–Crippen MR) is 39.9 cm³/mol. The maximum atomic E-state index is 10.7. The summed E-state index contributed by atoms with van der Waals surface area (Å²) in [6.45, 7) is 1.97. The van der Waals surface area contributed by atoms with Crippen LogP contribution in [0.2, 0.25) is 0 Å². The predicted octanol–water partition coefficient (Wildman–Crippen LogP) is -0.195. The van der Waals surface area contributed by atoms with Crippen LogP contribution in [0.1, 0.15) is 6.92 Å². The Kier molecular flexibility index (Phi) is 2.45. The normalized spacial score (nSPS) is 32.1. The van der Waals surface area contributed by atoms with Crippen LogP contribution in [0.15, 0.2) is 0 Å². The van der Waals surface area contributed by atoms with Crippen molar-refractivity contribution in [2.45, 2.75) is 18.3 Å². The van der Waals surface area contributed by atoms with E-state index in [1.807, 2.05) is 6.92 Å². The van der Waals surface area contributed by atoms with Gasteiger partial charge < -0.3 is 0 Å². The first-order chi connectivity index (χ1) is 4.74. The Bertz CT molecular complexity index is 160. The lowest BCUT2D eigenvalue weighted by atomic mass is 10.2. The average Bonchev–Trinajstić information content (AvgIpc) is 2.34. The van der Waals surface area contributed by atoms with Crippen molar-refractivity contribution < 1.29 is 9.59 Å². The molecule has 0 saturated carbocycles. The molecular formula is C6H9NO2S. The molecule has 0 aromatic carbocycles. The van der Waals surface area contributed by atoms with Gasteiger partial charge in [-0.3, -0.25) is 14.9 Å². The van der Waals surface area contributed by atoms with Crippen LogP contribution in [0.3, 0.4) is 0 Å². The van der Waals surface area contributed by atoms with Gasteiger partial charge in [0, 0.05) is 5.75 Å². The number of rotatable bonds is 2. The SMILES string of the molecule is CC1NC(C(=O)C=O)CS1. The third-order valence-electron chi connectivity index (χ3n) is 1.41. The number of aldehydes is 1. The highest BCUT2D eigenvalue weighted by Gasteiger charge is 2.25. The molecule has 3 nitrogen and oxygen atoms in total. The number of carbonyl (C=O) groups is 2. The highest BCUT2D eigenvalue weighted by atomic mass is 32.2. The third kappa shape index (κ3) is 1.58. The molecule has 2 atom stereocenters. The maximum Gasteiger partial charge on any atom is 0.212 e. The lowest BCUT2D eigenvalue weighted by molar-refractivity contribution is -0.130. The molecule has 1 aliphatic heterocycles. The van der Waals surface area contributed by atoms with Gasteiger partial charge in [0.1, 0.15) is 0 Å². The van der Waals surface area contributed by atoms with Gasteiger partial charge in [0.15, 0.2) is 6.29 Å². The first-order valence-electron chi connectivity index (χ1n) is 3.10. The molecule has 4 heteroatoms. The molecule has 0 spiro atoms. The highest BCUT2D eigenvalue weighted by Crippen LogP contribution is 2.17. The molecule has 1 saturated heterocycles. The first-order valence-corrected chi connectivity index (χ1v) is 4.15. The fraction of sp³-hybridized carbons (Fsp3) is 0.667. The molecule has 1 fully saturated rings. The summed E-state index contributed by atoms with van der Waals surface area (Å²) in [5, 5.41) is 3.29. The third-order valence-corrected chi connectivity index (χ3v) is 2.57. The van der Waals surface area contributed by atoms with E-state index in [0.717, 1.165) is 5.75 Å². The van der Waals surface area contributed by atoms with E-state index in [1.54, 1.807) is 11.8 Å². The van der Waals surface area contributed by atoms with Crippen molar-refractivity contribution in [1.29, 1.82) is 0 Å². The minimum atomic E-state index is -0.336. The fourth-order valence-corrected chi connectivity index (χ4v) is 1.87. The Labute approximate surface area is 63.6 Å². The van der Waals surface area contributed by atoms with E-state index in [9.17, 15) is 9.59 Å². The quantitative estimate of drug-likeness (QED) is 0.448. The highest BCUT2D eigenvalue weighted by molar-refractivity contribution is 8.00. The van der Waals surface area contributed by atoms with E-state index < -0.39 is 0 Å². The Morgan fingerprint density at radius 3 is 2.90 bits per heavy atom. The van der Waals surface area contributed by atoms with Crippen LogP contribution in [-0.2, 0) is 9.59 Å². The van der Waals surface area contributed by atoms with Gasteiger partial charge in [-0.2, -0.15) is 0 Å². The van der Waals surface area contributed by atoms with Gasteiger partial charge in [0.05, 0.1) is 11.4 Å². The Morgan fingerprint density at radius 2 is 2.50 bits per heavy atom. The van der Waals surface area contributed by atoms with Crippen molar-refractivity contribution >= 4 is 23.8 Å². The second-order valence-electron chi connectivity index (χ2n) is 2.22. The largest absolute Gasteiger partial charge is 0.295 e. The topological polar surface area (TPSA) is 46.2 Å². The van der Waals surface area contributed by atoms with Crippen LogP contribution in [0, 0.1) is 0 Å². The molecule has 1 N–H and O–H groups in total.